The van der Waals surface area contributed by atoms with Gasteiger partial charge in [-0.25, -0.2) is 4.79 Å². The molecule has 0 saturated heterocycles. The van der Waals surface area contributed by atoms with E-state index in [2.05, 4.69) is 5.32 Å². The molecular weight excluding hydrogens is 412 g/mol. The smallest absolute Gasteiger partial charge is 0.344 e. The Morgan fingerprint density at radius 1 is 1.03 bits per heavy atom. The molecule has 32 heavy (non-hydrogen) atoms. The number of hydrogen-bond donors (Lipinski definition) is 1. The highest BCUT2D eigenvalue weighted by Crippen LogP contribution is 2.29. The molecule has 2 heterocycles. The highest BCUT2D eigenvalue weighted by atomic mass is 16.5. The number of esters is 1. The Balaban J connectivity index is 2.03. The zero-order valence-corrected chi connectivity index (χ0v) is 19.0. The molecule has 1 aromatic carbocycles. The first-order chi connectivity index (χ1) is 15.0. The van der Waals surface area contributed by atoms with Crippen molar-refractivity contribution >= 4 is 34.4 Å². The number of nitrogens with one attached hydrogen (secondary N) is 1. The average Bonchev–Trinajstić information content (AvgIpc) is 3.01. The Labute approximate surface area is 185 Å². The number of fused-ring (bicyclic) bond motifs is 1. The zero-order valence-electron chi connectivity index (χ0n) is 19.0. The molecule has 8 nitrogen and oxygen atoms in total. The lowest BCUT2D eigenvalue weighted by atomic mass is 10.0. The van der Waals surface area contributed by atoms with Crippen LogP contribution in [0, 0.1) is 27.7 Å². The number of pyridine rings is 1. The third-order valence-corrected chi connectivity index (χ3v) is 5.22. The first-order valence-corrected chi connectivity index (χ1v) is 10.3. The Hall–Kier alpha value is -3.68. The van der Waals surface area contributed by atoms with Crippen molar-refractivity contribution in [1.82, 2.24) is 4.57 Å². The minimum Gasteiger partial charge on any atom is -0.462 e. The number of rotatable bonds is 6. The van der Waals surface area contributed by atoms with Gasteiger partial charge in [0.2, 0.25) is 11.8 Å². The van der Waals surface area contributed by atoms with Crippen LogP contribution in [0.3, 0.4) is 0 Å². The molecule has 0 aliphatic carbocycles. The maximum atomic E-state index is 12.9. The lowest BCUT2D eigenvalue weighted by molar-refractivity contribution is -0.116. The quantitative estimate of drug-likeness (QED) is 0.463. The fraction of sp³-hybridized carbons (Fsp3) is 0.333. The number of hydrogen-bond acceptors (Lipinski definition) is 6. The molecular formula is C24H26N2O6. The minimum atomic E-state index is -0.769. The number of carbonyl (C=O) groups is 3. The largest absolute Gasteiger partial charge is 0.462 e. The Morgan fingerprint density at radius 2 is 1.72 bits per heavy atom. The van der Waals surface area contributed by atoms with Crippen LogP contribution in [0.1, 0.15) is 57.0 Å². The average molecular weight is 438 g/mol. The normalized spacial score (nSPS) is 10.9. The number of aromatic nitrogens is 1. The summed E-state index contributed by atoms with van der Waals surface area (Å²) in [5.74, 6) is -1.71. The second-order valence-corrected chi connectivity index (χ2v) is 7.79. The maximum absolute atomic E-state index is 12.9. The number of aryl methyl sites for hydroxylation is 4. The van der Waals surface area contributed by atoms with E-state index in [0.29, 0.717) is 5.52 Å². The summed E-state index contributed by atoms with van der Waals surface area (Å²) in [6, 6.07) is 5.41. The topological polar surface area (TPSA) is 108 Å². The second-order valence-electron chi connectivity index (χ2n) is 7.79. The van der Waals surface area contributed by atoms with E-state index in [9.17, 15) is 19.2 Å². The molecule has 3 rings (SSSR count). The van der Waals surface area contributed by atoms with Gasteiger partial charge < -0.3 is 9.15 Å². The Kier molecular flexibility index (Phi) is 6.34. The van der Waals surface area contributed by atoms with E-state index in [1.807, 2.05) is 32.9 Å². The Bertz CT molecular complexity index is 1310. The molecule has 0 atom stereocenters. The number of Topliss-reactive ketones (excluding diaryl/α,β-unsaturated/α-hetero) is 1. The van der Waals surface area contributed by atoms with Gasteiger partial charge in [0.05, 0.1) is 17.7 Å². The molecule has 1 amide bonds. The van der Waals surface area contributed by atoms with E-state index < -0.39 is 11.9 Å². The second kappa shape index (κ2) is 8.82. The standard InChI is InChI=1S/C24H26N2O6/c1-7-31-24(30)21-20(15(5)27)16(6)32-23(21)25-18(28)11-26-19(29)10-13(3)17-9-12(2)8-14(4)22(17)26/h8-10H,7,11H2,1-6H3,(H,25,28). The molecule has 0 aliphatic heterocycles. The summed E-state index contributed by atoms with van der Waals surface area (Å²) < 4.78 is 11.9. The van der Waals surface area contributed by atoms with E-state index in [1.165, 1.54) is 24.5 Å². The Morgan fingerprint density at radius 3 is 2.34 bits per heavy atom. The summed E-state index contributed by atoms with van der Waals surface area (Å²) in [6.45, 7) is 9.97. The number of carbonyl (C=O) groups excluding carboxylic acids is 3. The van der Waals surface area contributed by atoms with Gasteiger partial charge in [-0.2, -0.15) is 0 Å². The SMILES string of the molecule is CCOC(=O)c1c(NC(=O)Cn2c(=O)cc(C)c3cc(C)cc(C)c32)oc(C)c1C(C)=O. The lowest BCUT2D eigenvalue weighted by Crippen LogP contribution is -2.28. The first-order valence-electron chi connectivity index (χ1n) is 10.3. The molecule has 0 aliphatic rings. The highest BCUT2D eigenvalue weighted by Gasteiger charge is 2.29. The van der Waals surface area contributed by atoms with Gasteiger partial charge in [0, 0.05) is 11.5 Å². The number of nitrogens with zero attached hydrogens (tertiary/aromatic N) is 1. The van der Waals surface area contributed by atoms with Crippen LogP contribution >= 0.6 is 0 Å². The van der Waals surface area contributed by atoms with Gasteiger partial charge in [-0.1, -0.05) is 11.6 Å². The van der Waals surface area contributed by atoms with Crippen molar-refractivity contribution in [3.8, 4) is 0 Å². The number of furan rings is 1. The van der Waals surface area contributed by atoms with Crippen molar-refractivity contribution in [3.05, 3.63) is 62.1 Å². The van der Waals surface area contributed by atoms with Crippen molar-refractivity contribution in [2.45, 2.75) is 48.1 Å². The number of ether oxygens (including phenoxy) is 1. The van der Waals surface area contributed by atoms with E-state index in [0.717, 1.165) is 22.1 Å². The van der Waals surface area contributed by atoms with Crippen LogP contribution in [-0.2, 0) is 16.1 Å². The number of ketones is 1. The monoisotopic (exact) mass is 438 g/mol. The fourth-order valence-electron chi connectivity index (χ4n) is 3.99. The van der Waals surface area contributed by atoms with E-state index in [-0.39, 0.29) is 47.3 Å². The van der Waals surface area contributed by atoms with Gasteiger partial charge in [-0.3, -0.25) is 24.3 Å². The van der Waals surface area contributed by atoms with Crippen LogP contribution in [0.15, 0.2) is 27.4 Å². The molecule has 0 bridgehead atoms. The van der Waals surface area contributed by atoms with Crippen molar-refractivity contribution in [2.75, 3.05) is 11.9 Å². The van der Waals surface area contributed by atoms with Crippen LogP contribution in [-0.4, -0.2) is 28.8 Å². The van der Waals surface area contributed by atoms with Gasteiger partial charge in [-0.15, -0.1) is 0 Å². The van der Waals surface area contributed by atoms with E-state index >= 15 is 0 Å². The van der Waals surface area contributed by atoms with Crippen LogP contribution in [0.5, 0.6) is 0 Å². The van der Waals surface area contributed by atoms with Gasteiger partial charge in [-0.05, 0) is 58.7 Å². The van der Waals surface area contributed by atoms with E-state index in [4.69, 9.17) is 9.15 Å². The molecule has 168 valence electrons. The fourth-order valence-corrected chi connectivity index (χ4v) is 3.99. The first kappa shape index (κ1) is 23.0. The molecule has 0 spiro atoms. The third kappa shape index (κ3) is 4.21. The summed E-state index contributed by atoms with van der Waals surface area (Å²) in [5.41, 5.74) is 3.03. The molecule has 0 unspecified atom stereocenters. The minimum absolute atomic E-state index is 0.0584. The summed E-state index contributed by atoms with van der Waals surface area (Å²) in [6.07, 6.45) is 0. The number of benzene rings is 1. The molecule has 8 heteroatoms. The van der Waals surface area contributed by atoms with Crippen molar-refractivity contribution in [2.24, 2.45) is 0 Å². The van der Waals surface area contributed by atoms with Gasteiger partial charge >= 0.3 is 5.97 Å². The number of amides is 1. The molecule has 3 aromatic rings. The van der Waals surface area contributed by atoms with Gasteiger partial charge in [0.1, 0.15) is 17.9 Å². The zero-order chi connectivity index (χ0) is 23.7. The summed E-state index contributed by atoms with van der Waals surface area (Å²) >= 11 is 0. The van der Waals surface area contributed by atoms with Crippen molar-refractivity contribution in [1.29, 1.82) is 0 Å². The molecule has 0 fully saturated rings. The van der Waals surface area contributed by atoms with Crippen LogP contribution < -0.4 is 10.9 Å². The maximum Gasteiger partial charge on any atom is 0.344 e. The molecule has 0 saturated carbocycles. The third-order valence-electron chi connectivity index (χ3n) is 5.22. The van der Waals surface area contributed by atoms with Gasteiger partial charge in [0.15, 0.2) is 5.78 Å². The lowest BCUT2D eigenvalue weighted by Gasteiger charge is -2.15. The summed E-state index contributed by atoms with van der Waals surface area (Å²) in [7, 11) is 0. The molecule has 2 aromatic heterocycles. The molecule has 0 radical (unpaired) electrons. The summed E-state index contributed by atoms with van der Waals surface area (Å²) in [5, 5.41) is 3.42. The number of anilines is 1. The van der Waals surface area contributed by atoms with Crippen molar-refractivity contribution in [3.63, 3.8) is 0 Å². The predicted octanol–water partition coefficient (Wildman–Crippen LogP) is 3.85. The highest BCUT2D eigenvalue weighted by molar-refractivity contribution is 6.10. The van der Waals surface area contributed by atoms with Crippen LogP contribution in [0.4, 0.5) is 5.88 Å². The molecule has 1 N–H and O–H groups in total. The van der Waals surface area contributed by atoms with Crippen LogP contribution in [0.2, 0.25) is 0 Å². The summed E-state index contributed by atoms with van der Waals surface area (Å²) in [4.78, 5) is 50.1. The van der Waals surface area contributed by atoms with E-state index in [1.54, 1.807) is 6.92 Å². The predicted molar refractivity (Wildman–Crippen MR) is 120 cm³/mol. The van der Waals surface area contributed by atoms with Gasteiger partial charge in [0.25, 0.3) is 5.56 Å². The van der Waals surface area contributed by atoms with Crippen molar-refractivity contribution < 1.29 is 23.5 Å². The van der Waals surface area contributed by atoms with Crippen LogP contribution in [0.25, 0.3) is 10.9 Å².